The minimum atomic E-state index is -0.533. The lowest BCUT2D eigenvalue weighted by Crippen LogP contribution is -2.63. The molecule has 8 unspecified atom stereocenters. The van der Waals surface area contributed by atoms with Gasteiger partial charge in [0.1, 0.15) is 0 Å². The molecular formula is C29H46O3. The van der Waals surface area contributed by atoms with Gasteiger partial charge in [-0.05, 0) is 123 Å². The van der Waals surface area contributed by atoms with Crippen molar-refractivity contribution in [2.75, 3.05) is 0 Å². The van der Waals surface area contributed by atoms with E-state index in [0.29, 0.717) is 29.1 Å². The SMILES string of the molecule is C=C(C)[C@@H]1CCC2(C(=O)O)CC[C@]3(C)C(CCC4C3CCC3C(C)(C)C(O)CCC43C)C12. The molecule has 0 amide bonds. The fraction of sp³-hybridized carbons (Fsp3) is 0.897. The summed E-state index contributed by atoms with van der Waals surface area (Å²) in [6, 6.07) is 0. The molecule has 5 aliphatic rings. The fourth-order valence-electron chi connectivity index (χ4n) is 11.0. The highest BCUT2D eigenvalue weighted by atomic mass is 16.4. The smallest absolute Gasteiger partial charge is 0.309 e. The van der Waals surface area contributed by atoms with Gasteiger partial charge in [-0.2, -0.15) is 0 Å². The molecule has 2 N–H and O–H groups in total. The first-order chi connectivity index (χ1) is 14.9. The molecule has 0 saturated heterocycles. The highest BCUT2D eigenvalue weighted by molar-refractivity contribution is 5.76. The molecule has 0 heterocycles. The maximum Gasteiger partial charge on any atom is 0.309 e. The van der Waals surface area contributed by atoms with Crippen LogP contribution in [0.1, 0.15) is 98.8 Å². The maximum atomic E-state index is 12.7. The molecule has 5 saturated carbocycles. The van der Waals surface area contributed by atoms with Crippen molar-refractivity contribution in [1.29, 1.82) is 0 Å². The van der Waals surface area contributed by atoms with Crippen molar-refractivity contribution in [3.63, 3.8) is 0 Å². The van der Waals surface area contributed by atoms with E-state index in [1.54, 1.807) is 0 Å². The van der Waals surface area contributed by atoms with E-state index in [4.69, 9.17) is 0 Å². The van der Waals surface area contributed by atoms with Crippen molar-refractivity contribution in [2.24, 2.45) is 57.2 Å². The van der Waals surface area contributed by atoms with Gasteiger partial charge in [-0.15, -0.1) is 0 Å². The van der Waals surface area contributed by atoms with Crippen LogP contribution in [0.2, 0.25) is 0 Å². The summed E-state index contributed by atoms with van der Waals surface area (Å²) < 4.78 is 0. The van der Waals surface area contributed by atoms with Crippen LogP contribution in [0.25, 0.3) is 0 Å². The minimum absolute atomic E-state index is 0.00273. The second-order valence-corrected chi connectivity index (χ2v) is 13.9. The standard InChI is InChI=1S/C29H46O3/c1-17(2)18-11-14-29(25(31)32)16-15-27(5)19-9-10-22-26(3,4)23(30)12-13-28(22,6)20(19)7-8-21(27)24(18)29/h18-24,30H,1,7-16H2,2-6H3,(H,31,32)/t18-,19?,20?,21?,22?,23?,24?,27-,28?,29?/m0/s1. The van der Waals surface area contributed by atoms with Crippen LogP contribution in [0, 0.1) is 57.2 Å². The Morgan fingerprint density at radius 2 is 1.44 bits per heavy atom. The summed E-state index contributed by atoms with van der Waals surface area (Å²) in [6.07, 6.45) is 10.6. The first-order valence-electron chi connectivity index (χ1n) is 13.5. The molecule has 180 valence electrons. The number of allylic oxidation sites excluding steroid dienone is 1. The van der Waals surface area contributed by atoms with Crippen LogP contribution in [0.15, 0.2) is 12.2 Å². The lowest BCUT2D eigenvalue weighted by molar-refractivity contribution is -0.211. The fourth-order valence-corrected chi connectivity index (χ4v) is 11.0. The lowest BCUT2D eigenvalue weighted by Gasteiger charge is -2.68. The van der Waals surface area contributed by atoms with Gasteiger partial charge in [0, 0.05) is 0 Å². The highest BCUT2D eigenvalue weighted by Crippen LogP contribution is 2.73. The average molecular weight is 443 g/mol. The van der Waals surface area contributed by atoms with Gasteiger partial charge in [0.2, 0.25) is 0 Å². The van der Waals surface area contributed by atoms with Crippen molar-refractivity contribution < 1.29 is 15.0 Å². The van der Waals surface area contributed by atoms with Gasteiger partial charge >= 0.3 is 5.97 Å². The molecule has 0 aromatic carbocycles. The summed E-state index contributed by atoms with van der Waals surface area (Å²) in [5.41, 5.74) is 1.25. The minimum Gasteiger partial charge on any atom is -0.481 e. The van der Waals surface area contributed by atoms with Gasteiger partial charge in [-0.1, -0.05) is 39.8 Å². The quantitative estimate of drug-likeness (QED) is 0.468. The second kappa shape index (κ2) is 7.09. The van der Waals surface area contributed by atoms with E-state index >= 15 is 0 Å². The Morgan fingerprint density at radius 1 is 0.812 bits per heavy atom. The first kappa shape index (κ1) is 22.9. The lowest BCUT2D eigenvalue weighted by atomic mass is 9.36. The number of carbonyl (C=O) groups is 1. The van der Waals surface area contributed by atoms with E-state index in [-0.39, 0.29) is 22.9 Å². The van der Waals surface area contributed by atoms with E-state index in [1.807, 2.05) is 0 Å². The molecule has 5 aliphatic carbocycles. The summed E-state index contributed by atoms with van der Waals surface area (Å²) in [4.78, 5) is 12.7. The van der Waals surface area contributed by atoms with Crippen LogP contribution in [0.5, 0.6) is 0 Å². The van der Waals surface area contributed by atoms with E-state index in [2.05, 4.69) is 41.2 Å². The third-order valence-corrected chi connectivity index (χ3v) is 12.7. The maximum absolute atomic E-state index is 12.7. The average Bonchev–Trinajstić information content (AvgIpc) is 3.12. The number of carboxylic acid groups (broad SMARTS) is 1. The number of aliphatic carboxylic acids is 1. The van der Waals surface area contributed by atoms with Gasteiger partial charge in [0.05, 0.1) is 11.5 Å². The Kier molecular flexibility index (Phi) is 5.08. The van der Waals surface area contributed by atoms with E-state index < -0.39 is 11.4 Å². The highest BCUT2D eigenvalue weighted by Gasteiger charge is 2.68. The molecule has 10 atom stereocenters. The van der Waals surface area contributed by atoms with Crippen molar-refractivity contribution in [1.82, 2.24) is 0 Å². The van der Waals surface area contributed by atoms with Crippen LogP contribution in [0.4, 0.5) is 0 Å². The second-order valence-electron chi connectivity index (χ2n) is 13.9. The zero-order chi connectivity index (χ0) is 23.3. The summed E-state index contributed by atoms with van der Waals surface area (Å²) >= 11 is 0. The van der Waals surface area contributed by atoms with Crippen molar-refractivity contribution >= 4 is 5.97 Å². The summed E-state index contributed by atoms with van der Waals surface area (Å²) in [5, 5.41) is 21.3. The third kappa shape index (κ3) is 2.72. The molecular weight excluding hydrogens is 396 g/mol. The topological polar surface area (TPSA) is 57.5 Å². The molecule has 0 spiro atoms. The number of rotatable bonds is 2. The van der Waals surface area contributed by atoms with Crippen LogP contribution in [0.3, 0.4) is 0 Å². The molecule has 5 fully saturated rings. The van der Waals surface area contributed by atoms with E-state index in [9.17, 15) is 15.0 Å². The van der Waals surface area contributed by atoms with E-state index in [0.717, 1.165) is 44.4 Å². The van der Waals surface area contributed by atoms with Crippen molar-refractivity contribution in [2.45, 2.75) is 105 Å². The number of aliphatic hydroxyl groups excluding tert-OH is 1. The number of aliphatic hydroxyl groups is 1. The molecule has 32 heavy (non-hydrogen) atoms. The predicted octanol–water partition coefficient (Wildman–Crippen LogP) is 6.70. The van der Waals surface area contributed by atoms with Crippen LogP contribution >= 0.6 is 0 Å². The van der Waals surface area contributed by atoms with Gasteiger partial charge in [-0.25, -0.2) is 0 Å². The summed E-state index contributed by atoms with van der Waals surface area (Å²) in [5.74, 6) is 2.64. The Labute approximate surface area is 195 Å². The molecule has 0 aromatic rings. The Hall–Kier alpha value is -0.830. The number of carboxylic acids is 1. The Bertz CT molecular complexity index is 815. The Morgan fingerprint density at radius 3 is 2.09 bits per heavy atom. The molecule has 3 heteroatoms. The van der Waals surface area contributed by atoms with Gasteiger partial charge in [0.25, 0.3) is 0 Å². The van der Waals surface area contributed by atoms with Crippen LogP contribution < -0.4 is 0 Å². The third-order valence-electron chi connectivity index (χ3n) is 12.7. The summed E-state index contributed by atoms with van der Waals surface area (Å²) in [7, 11) is 0. The molecule has 5 rings (SSSR count). The van der Waals surface area contributed by atoms with Crippen LogP contribution in [-0.2, 0) is 4.79 Å². The van der Waals surface area contributed by atoms with Gasteiger partial charge in [-0.3, -0.25) is 4.79 Å². The van der Waals surface area contributed by atoms with Gasteiger partial charge < -0.3 is 10.2 Å². The number of fused-ring (bicyclic) bond motifs is 7. The normalized spacial score (nSPS) is 54.0. The largest absolute Gasteiger partial charge is 0.481 e. The van der Waals surface area contributed by atoms with Gasteiger partial charge in [0.15, 0.2) is 0 Å². The molecule has 0 radical (unpaired) electrons. The summed E-state index contributed by atoms with van der Waals surface area (Å²) in [6.45, 7) is 16.2. The number of hydrogen-bond donors (Lipinski definition) is 2. The molecule has 3 nitrogen and oxygen atoms in total. The number of hydrogen-bond acceptors (Lipinski definition) is 2. The van der Waals surface area contributed by atoms with Crippen molar-refractivity contribution in [3.05, 3.63) is 12.2 Å². The zero-order valence-corrected chi connectivity index (χ0v) is 21.1. The molecule has 0 aliphatic heterocycles. The predicted molar refractivity (Wildman–Crippen MR) is 128 cm³/mol. The monoisotopic (exact) mass is 442 g/mol. The molecule has 0 aromatic heterocycles. The molecule has 0 bridgehead atoms. The Balaban J connectivity index is 1.52. The van der Waals surface area contributed by atoms with Crippen LogP contribution in [-0.4, -0.2) is 22.3 Å². The van der Waals surface area contributed by atoms with Crippen molar-refractivity contribution in [3.8, 4) is 0 Å². The first-order valence-corrected chi connectivity index (χ1v) is 13.5. The zero-order valence-electron chi connectivity index (χ0n) is 21.1. The van der Waals surface area contributed by atoms with E-state index in [1.165, 1.54) is 31.3 Å².